The van der Waals surface area contributed by atoms with E-state index in [1.165, 1.54) is 15.6 Å². The van der Waals surface area contributed by atoms with Crippen LogP contribution in [-0.4, -0.2) is 0 Å². The van der Waals surface area contributed by atoms with E-state index in [1.807, 2.05) is 6.07 Å². The third-order valence-corrected chi connectivity index (χ3v) is 2.76. The molecule has 0 saturated heterocycles. The number of hydrogen-bond acceptors (Lipinski definition) is 0. The molecule has 0 atom stereocenters. The van der Waals surface area contributed by atoms with Crippen molar-refractivity contribution in [1.82, 2.24) is 0 Å². The topological polar surface area (TPSA) is 0 Å². The fraction of sp³-hybridized carbons (Fsp3) is 0.0833. The summed E-state index contributed by atoms with van der Waals surface area (Å²) in [6.45, 7) is 0. The number of rotatable bonds is 1. The van der Waals surface area contributed by atoms with E-state index < -0.39 is 0 Å². The quantitative estimate of drug-likeness (QED) is 0.689. The molecule has 1 heteroatoms. The van der Waals surface area contributed by atoms with Gasteiger partial charge in [0.1, 0.15) is 0 Å². The summed E-state index contributed by atoms with van der Waals surface area (Å²) >= 11 is 3.55. The monoisotopic (exact) mass is 233 g/mol. The van der Waals surface area contributed by atoms with E-state index in [9.17, 15) is 0 Å². The van der Waals surface area contributed by atoms with Gasteiger partial charge in [-0.15, -0.1) is 0 Å². The molecule has 0 fully saturated rings. The molecule has 0 nitrogen and oxygen atoms in total. The van der Waals surface area contributed by atoms with Crippen molar-refractivity contribution < 1.29 is 0 Å². The van der Waals surface area contributed by atoms with Gasteiger partial charge in [-0.05, 0) is 24.0 Å². The molecule has 1 aromatic carbocycles. The van der Waals surface area contributed by atoms with E-state index >= 15 is 0 Å². The van der Waals surface area contributed by atoms with Gasteiger partial charge in [-0.1, -0.05) is 58.4 Å². The van der Waals surface area contributed by atoms with Gasteiger partial charge >= 0.3 is 0 Å². The Morgan fingerprint density at radius 1 is 1.08 bits per heavy atom. The van der Waals surface area contributed by atoms with Crippen LogP contribution in [0.5, 0.6) is 0 Å². The fourth-order valence-electron chi connectivity index (χ4n) is 1.42. The van der Waals surface area contributed by atoms with Gasteiger partial charge in [-0.2, -0.15) is 0 Å². The lowest BCUT2D eigenvalue weighted by atomic mass is 10.00. The molecule has 1 aliphatic carbocycles. The third-order valence-electron chi connectivity index (χ3n) is 2.06. The second-order valence-electron chi connectivity index (χ2n) is 2.97. The number of halogens is 1. The molecule has 1 aliphatic rings. The van der Waals surface area contributed by atoms with E-state index in [1.54, 1.807) is 0 Å². The van der Waals surface area contributed by atoms with Crippen LogP contribution in [0.4, 0.5) is 0 Å². The first-order valence-electron chi connectivity index (χ1n) is 4.33. The van der Waals surface area contributed by atoms with Crippen molar-refractivity contribution in [1.29, 1.82) is 0 Å². The Balaban J connectivity index is 2.37. The summed E-state index contributed by atoms with van der Waals surface area (Å²) in [6, 6.07) is 10.4. The zero-order valence-electron chi connectivity index (χ0n) is 7.20. The Bertz CT molecular complexity index is 347. The summed E-state index contributed by atoms with van der Waals surface area (Å²) in [6.07, 6.45) is 7.53. The fourth-order valence-corrected chi connectivity index (χ4v) is 2.00. The molecule has 2 rings (SSSR count). The first kappa shape index (κ1) is 8.76. The molecule has 0 saturated carbocycles. The molecule has 1 radical (unpaired) electrons. The van der Waals surface area contributed by atoms with Crippen molar-refractivity contribution in [2.24, 2.45) is 0 Å². The average Bonchev–Trinajstić information content (AvgIpc) is 2.20. The molecule has 0 unspecified atom stereocenters. The number of benzene rings is 1. The lowest BCUT2D eigenvalue weighted by Gasteiger charge is -2.10. The third kappa shape index (κ3) is 1.92. The minimum Gasteiger partial charge on any atom is -0.0749 e. The van der Waals surface area contributed by atoms with Crippen molar-refractivity contribution >= 4 is 21.5 Å². The molecule has 0 amide bonds. The maximum absolute atomic E-state index is 3.55. The first-order chi connectivity index (χ1) is 6.38. The predicted octanol–water partition coefficient (Wildman–Crippen LogP) is 3.96. The Hall–Kier alpha value is -0.820. The standard InChI is InChI=1S/C12H10Br/c13-12-9-5-4-8-11(12)10-6-2-1-3-7-10/h1-3,5-9H,4H2. The van der Waals surface area contributed by atoms with Crippen LogP contribution in [0.1, 0.15) is 12.0 Å². The summed E-state index contributed by atoms with van der Waals surface area (Å²) in [5.74, 6) is 0. The van der Waals surface area contributed by atoms with E-state index in [0.29, 0.717) is 0 Å². The van der Waals surface area contributed by atoms with E-state index in [-0.39, 0.29) is 0 Å². The molecule has 0 aromatic heterocycles. The lowest BCUT2D eigenvalue weighted by Crippen LogP contribution is -1.89. The van der Waals surface area contributed by atoms with Gasteiger partial charge in [0, 0.05) is 4.48 Å². The van der Waals surface area contributed by atoms with E-state index in [0.717, 1.165) is 6.42 Å². The van der Waals surface area contributed by atoms with Crippen LogP contribution in [0.3, 0.4) is 0 Å². The van der Waals surface area contributed by atoms with Gasteiger partial charge in [0.2, 0.25) is 0 Å². The van der Waals surface area contributed by atoms with E-state index in [2.05, 4.69) is 58.8 Å². The zero-order chi connectivity index (χ0) is 9.10. The van der Waals surface area contributed by atoms with Gasteiger partial charge in [-0.3, -0.25) is 0 Å². The Morgan fingerprint density at radius 2 is 1.85 bits per heavy atom. The average molecular weight is 234 g/mol. The largest absolute Gasteiger partial charge is 0.0749 e. The van der Waals surface area contributed by atoms with Crippen LogP contribution in [0, 0.1) is 6.42 Å². The van der Waals surface area contributed by atoms with Crippen LogP contribution in [0.2, 0.25) is 0 Å². The Labute approximate surface area is 87.1 Å². The maximum atomic E-state index is 3.55. The minimum atomic E-state index is 1.03. The summed E-state index contributed by atoms with van der Waals surface area (Å²) in [5.41, 5.74) is 2.57. The van der Waals surface area contributed by atoms with Crippen LogP contribution in [0.15, 0.2) is 47.0 Å². The van der Waals surface area contributed by atoms with Crippen LogP contribution in [0.25, 0.3) is 5.57 Å². The molecule has 1 aromatic rings. The second kappa shape index (κ2) is 3.93. The Kier molecular flexibility index (Phi) is 2.65. The van der Waals surface area contributed by atoms with Crippen LogP contribution >= 0.6 is 15.9 Å². The molecular weight excluding hydrogens is 224 g/mol. The van der Waals surface area contributed by atoms with Gasteiger partial charge in [0.05, 0.1) is 0 Å². The van der Waals surface area contributed by atoms with Crippen molar-refractivity contribution in [2.75, 3.05) is 0 Å². The van der Waals surface area contributed by atoms with Crippen molar-refractivity contribution in [2.45, 2.75) is 6.42 Å². The van der Waals surface area contributed by atoms with E-state index in [4.69, 9.17) is 0 Å². The highest BCUT2D eigenvalue weighted by Crippen LogP contribution is 2.31. The lowest BCUT2D eigenvalue weighted by molar-refractivity contribution is 1.27. The minimum absolute atomic E-state index is 1.03. The highest BCUT2D eigenvalue weighted by Gasteiger charge is 2.07. The summed E-state index contributed by atoms with van der Waals surface area (Å²) in [4.78, 5) is 0. The molecular formula is C12H10Br. The van der Waals surface area contributed by atoms with Gasteiger partial charge in [0.25, 0.3) is 0 Å². The maximum Gasteiger partial charge on any atom is 0.0213 e. The van der Waals surface area contributed by atoms with Gasteiger partial charge in [-0.25, -0.2) is 0 Å². The molecule has 0 aliphatic heterocycles. The molecule has 0 spiro atoms. The number of allylic oxidation sites excluding steroid dienone is 4. The summed E-state index contributed by atoms with van der Waals surface area (Å²) in [7, 11) is 0. The van der Waals surface area contributed by atoms with Crippen molar-refractivity contribution in [3.05, 3.63) is 59.0 Å². The molecule has 0 N–H and O–H groups in total. The smallest absolute Gasteiger partial charge is 0.0213 e. The van der Waals surface area contributed by atoms with Crippen molar-refractivity contribution in [3.8, 4) is 0 Å². The second-order valence-corrected chi connectivity index (χ2v) is 3.82. The molecule has 0 heterocycles. The number of hydrogen-bond donors (Lipinski definition) is 0. The molecule has 65 valence electrons. The van der Waals surface area contributed by atoms with Crippen molar-refractivity contribution in [3.63, 3.8) is 0 Å². The highest BCUT2D eigenvalue weighted by atomic mass is 79.9. The summed E-state index contributed by atoms with van der Waals surface area (Å²) in [5, 5.41) is 0. The Morgan fingerprint density at radius 3 is 2.54 bits per heavy atom. The first-order valence-corrected chi connectivity index (χ1v) is 5.12. The van der Waals surface area contributed by atoms with Gasteiger partial charge < -0.3 is 0 Å². The normalized spacial score (nSPS) is 16.4. The van der Waals surface area contributed by atoms with Gasteiger partial charge in [0.15, 0.2) is 0 Å². The molecule has 13 heavy (non-hydrogen) atoms. The summed E-state index contributed by atoms with van der Waals surface area (Å²) < 4.78 is 1.17. The SMILES string of the molecule is BrC1=C[CH]CC=C1c1ccccc1. The zero-order valence-corrected chi connectivity index (χ0v) is 8.79. The van der Waals surface area contributed by atoms with Crippen LogP contribution < -0.4 is 0 Å². The predicted molar refractivity (Wildman–Crippen MR) is 60.3 cm³/mol. The highest BCUT2D eigenvalue weighted by molar-refractivity contribution is 9.12. The molecule has 0 bridgehead atoms. The van der Waals surface area contributed by atoms with Crippen LogP contribution in [-0.2, 0) is 0 Å².